The molecule has 0 aromatic rings. The van der Waals surface area contributed by atoms with E-state index in [4.69, 9.17) is 4.99 Å². The number of hydrogen-bond acceptors (Lipinski definition) is 4. The van der Waals surface area contributed by atoms with Crippen molar-refractivity contribution in [1.29, 1.82) is 0 Å². The molecule has 0 bridgehead atoms. The quantitative estimate of drug-likeness (QED) is 0.532. The molecule has 1 rings (SSSR count). The maximum Gasteiger partial charge on any atom is 0.305 e. The number of nitrogens with one attached hydrogen (secondary N) is 1. The molecule has 1 atom stereocenters. The minimum atomic E-state index is -0.535. The number of rotatable bonds is 3. The Balaban J connectivity index is 2.87. The second kappa shape index (κ2) is 5.50. The fourth-order valence-electron chi connectivity index (χ4n) is 2.13. The van der Waals surface area contributed by atoms with Crippen molar-refractivity contribution in [2.75, 3.05) is 7.11 Å². The van der Waals surface area contributed by atoms with Crippen molar-refractivity contribution in [3.05, 3.63) is 0 Å². The van der Waals surface area contributed by atoms with Gasteiger partial charge in [-0.2, -0.15) is 0 Å². The van der Waals surface area contributed by atoms with Crippen LogP contribution in [0.15, 0.2) is 4.99 Å². The number of methoxy groups -OCH3 is 1. The molecule has 0 aliphatic carbocycles. The van der Waals surface area contributed by atoms with E-state index in [2.05, 4.69) is 57.8 Å². The van der Waals surface area contributed by atoms with Crippen LogP contribution >= 0.6 is 47.8 Å². The summed E-state index contributed by atoms with van der Waals surface area (Å²) in [6, 6.07) is 0. The number of carbonyl (C=O) groups is 1. The molecule has 0 saturated carbocycles. The van der Waals surface area contributed by atoms with Gasteiger partial charge in [-0.3, -0.25) is 15.1 Å². The lowest BCUT2D eigenvalue weighted by molar-refractivity contribution is -0.141. The van der Waals surface area contributed by atoms with Gasteiger partial charge in [0.25, 0.3) is 0 Å². The molecule has 0 spiro atoms. The largest absolute Gasteiger partial charge is 0.469 e. The van der Waals surface area contributed by atoms with Crippen LogP contribution in [0.5, 0.6) is 0 Å². The lowest BCUT2D eigenvalue weighted by Gasteiger charge is -2.29. The highest BCUT2D eigenvalue weighted by atomic mass is 80.0. The molecular formula is C11H17Br3N2O2. The molecule has 0 radical (unpaired) electrons. The zero-order chi connectivity index (χ0) is 14.2. The Kier molecular flexibility index (Phi) is 5.07. The fraction of sp³-hybridized carbons (Fsp3) is 0.818. The first-order chi connectivity index (χ1) is 8.00. The molecule has 1 unspecified atom stereocenters. The molecule has 0 aromatic carbocycles. The summed E-state index contributed by atoms with van der Waals surface area (Å²) < 4.78 is 4.12. The normalized spacial score (nSPS) is 26.9. The van der Waals surface area contributed by atoms with Gasteiger partial charge in [0.1, 0.15) is 5.66 Å². The van der Waals surface area contributed by atoms with Gasteiger partial charge in [-0.15, -0.1) is 0 Å². The summed E-state index contributed by atoms with van der Waals surface area (Å²) in [5, 5.41) is 3.44. The van der Waals surface area contributed by atoms with E-state index in [0.717, 1.165) is 5.71 Å². The molecule has 4 nitrogen and oxygen atoms in total. The molecular weight excluding hydrogens is 432 g/mol. The third kappa shape index (κ3) is 4.02. The van der Waals surface area contributed by atoms with Crippen LogP contribution in [0.1, 0.15) is 33.6 Å². The molecule has 1 aliphatic heterocycles. The number of aliphatic imine (C=N–C) groups is 1. The zero-order valence-corrected chi connectivity index (χ0v) is 15.6. The number of nitrogens with zero attached hydrogens (tertiary/aromatic N) is 1. The standard InChI is InChI=1S/C11H17Br3N2O2/c1-9(2)8(11(12,13)14)15-10(3,16-9)6-5-7(17)18-4/h16H,5-6H2,1-4H3. The van der Waals surface area contributed by atoms with Gasteiger partial charge in [-0.1, -0.05) is 47.8 Å². The van der Waals surface area contributed by atoms with E-state index >= 15 is 0 Å². The van der Waals surface area contributed by atoms with Gasteiger partial charge in [-0.05, 0) is 27.2 Å². The Labute approximate surface area is 133 Å². The van der Waals surface area contributed by atoms with Crippen LogP contribution in [0.2, 0.25) is 0 Å². The average Bonchev–Trinajstić information content (AvgIpc) is 2.45. The van der Waals surface area contributed by atoms with Crippen LogP contribution in [0, 0.1) is 0 Å². The number of ether oxygens (including phenoxy) is 1. The SMILES string of the molecule is COC(=O)CCC1(C)N=C(C(Br)(Br)Br)C(C)(C)N1. The average molecular weight is 449 g/mol. The van der Waals surface area contributed by atoms with Crippen LogP contribution in [0.25, 0.3) is 0 Å². The molecule has 0 aromatic heterocycles. The van der Waals surface area contributed by atoms with Crippen LogP contribution in [0.4, 0.5) is 0 Å². The van der Waals surface area contributed by atoms with Crippen molar-refractivity contribution in [2.24, 2.45) is 4.99 Å². The first-order valence-corrected chi connectivity index (χ1v) is 7.92. The van der Waals surface area contributed by atoms with E-state index in [1.54, 1.807) is 0 Å². The minimum absolute atomic E-state index is 0.220. The highest BCUT2D eigenvalue weighted by Gasteiger charge is 2.48. The van der Waals surface area contributed by atoms with Crippen LogP contribution in [-0.4, -0.2) is 32.1 Å². The Morgan fingerprint density at radius 2 is 1.94 bits per heavy atom. The fourth-order valence-corrected chi connectivity index (χ4v) is 3.88. The second-order valence-corrected chi connectivity index (χ2v) is 11.8. The van der Waals surface area contributed by atoms with E-state index in [9.17, 15) is 4.79 Å². The summed E-state index contributed by atoms with van der Waals surface area (Å²) in [5.74, 6) is -0.220. The summed E-state index contributed by atoms with van der Waals surface area (Å²) in [4.78, 5) is 15.9. The first kappa shape index (κ1) is 16.6. The van der Waals surface area contributed by atoms with Crippen molar-refractivity contribution >= 4 is 59.5 Å². The molecule has 104 valence electrons. The van der Waals surface area contributed by atoms with Crippen LogP contribution in [0.3, 0.4) is 0 Å². The number of alkyl halides is 3. The molecule has 18 heavy (non-hydrogen) atoms. The van der Waals surface area contributed by atoms with Crippen LogP contribution < -0.4 is 5.32 Å². The number of carbonyl (C=O) groups excluding carboxylic acids is 1. The van der Waals surface area contributed by atoms with Crippen molar-refractivity contribution < 1.29 is 9.53 Å². The van der Waals surface area contributed by atoms with E-state index in [1.807, 2.05) is 20.8 Å². The zero-order valence-electron chi connectivity index (χ0n) is 10.8. The third-order valence-electron chi connectivity index (χ3n) is 2.84. The molecule has 0 amide bonds. The van der Waals surface area contributed by atoms with Crippen molar-refractivity contribution in [3.63, 3.8) is 0 Å². The van der Waals surface area contributed by atoms with Gasteiger partial charge in [0.2, 0.25) is 0 Å². The topological polar surface area (TPSA) is 50.7 Å². The Morgan fingerprint density at radius 3 is 2.33 bits per heavy atom. The number of halogens is 3. The van der Waals surface area contributed by atoms with E-state index in [0.29, 0.717) is 12.8 Å². The van der Waals surface area contributed by atoms with Gasteiger partial charge in [0.15, 0.2) is 2.14 Å². The lowest BCUT2D eigenvalue weighted by atomic mass is 9.99. The third-order valence-corrected chi connectivity index (χ3v) is 3.97. The lowest BCUT2D eigenvalue weighted by Crippen LogP contribution is -2.51. The molecule has 1 aliphatic rings. The summed E-state index contributed by atoms with van der Waals surface area (Å²) in [6.45, 7) is 6.07. The van der Waals surface area contributed by atoms with E-state index in [-0.39, 0.29) is 11.5 Å². The number of hydrogen-bond donors (Lipinski definition) is 1. The Hall–Kier alpha value is 0.540. The maximum atomic E-state index is 11.2. The minimum Gasteiger partial charge on any atom is -0.469 e. The smallest absolute Gasteiger partial charge is 0.305 e. The molecule has 1 heterocycles. The highest BCUT2D eigenvalue weighted by Crippen LogP contribution is 2.43. The van der Waals surface area contributed by atoms with Gasteiger partial charge < -0.3 is 4.74 Å². The van der Waals surface area contributed by atoms with E-state index in [1.165, 1.54) is 7.11 Å². The Morgan fingerprint density at radius 1 is 1.39 bits per heavy atom. The molecule has 0 fully saturated rings. The predicted octanol–water partition coefficient (Wildman–Crippen LogP) is 3.32. The maximum absolute atomic E-state index is 11.2. The predicted molar refractivity (Wildman–Crippen MR) is 83.8 cm³/mol. The second-order valence-electron chi connectivity index (χ2n) is 5.06. The van der Waals surface area contributed by atoms with Gasteiger partial charge in [0, 0.05) is 6.42 Å². The molecule has 0 saturated heterocycles. The van der Waals surface area contributed by atoms with Crippen molar-refractivity contribution in [2.45, 2.75) is 47.0 Å². The summed E-state index contributed by atoms with van der Waals surface area (Å²) in [5.41, 5.74) is 0.164. The summed E-state index contributed by atoms with van der Waals surface area (Å²) in [7, 11) is 1.39. The monoisotopic (exact) mass is 446 g/mol. The summed E-state index contributed by atoms with van der Waals surface area (Å²) in [6.07, 6.45) is 0.933. The van der Waals surface area contributed by atoms with Crippen molar-refractivity contribution in [3.8, 4) is 0 Å². The van der Waals surface area contributed by atoms with E-state index < -0.39 is 7.81 Å². The number of esters is 1. The molecule has 7 heteroatoms. The van der Waals surface area contributed by atoms with Gasteiger partial charge in [0.05, 0.1) is 18.4 Å². The van der Waals surface area contributed by atoms with Gasteiger partial charge in [-0.25, -0.2) is 0 Å². The van der Waals surface area contributed by atoms with Crippen molar-refractivity contribution in [1.82, 2.24) is 5.32 Å². The first-order valence-electron chi connectivity index (χ1n) is 5.54. The van der Waals surface area contributed by atoms with Crippen LogP contribution in [-0.2, 0) is 9.53 Å². The molecule has 1 N–H and O–H groups in total. The van der Waals surface area contributed by atoms with Gasteiger partial charge >= 0.3 is 5.97 Å². The Bertz CT molecular complexity index is 377. The highest BCUT2D eigenvalue weighted by molar-refractivity contribution is 9.40. The summed E-state index contributed by atoms with van der Waals surface area (Å²) >= 11 is 10.5.